The van der Waals surface area contributed by atoms with E-state index in [1.54, 1.807) is 18.2 Å². The van der Waals surface area contributed by atoms with Gasteiger partial charge < -0.3 is 10.4 Å². The van der Waals surface area contributed by atoms with Gasteiger partial charge in [-0.1, -0.05) is 29.3 Å². The van der Waals surface area contributed by atoms with Crippen LogP contribution in [-0.2, 0) is 9.59 Å². The van der Waals surface area contributed by atoms with Gasteiger partial charge in [0, 0.05) is 5.92 Å². The molecule has 0 radical (unpaired) electrons. The van der Waals surface area contributed by atoms with Crippen molar-refractivity contribution in [3.05, 3.63) is 28.2 Å². The largest absolute Gasteiger partial charge is 0.481 e. The molecule has 1 aromatic carbocycles. The molecule has 4 nitrogen and oxygen atoms in total. The Morgan fingerprint density at radius 1 is 1.05 bits per heavy atom. The maximum absolute atomic E-state index is 12.2. The smallest absolute Gasteiger partial charge is 0.306 e. The molecule has 1 amide bonds. The number of hydrogen-bond donors (Lipinski definition) is 2. The number of carbonyl (C=O) groups is 2. The van der Waals surface area contributed by atoms with Crippen LogP contribution >= 0.6 is 23.2 Å². The molecule has 1 aromatic rings. The van der Waals surface area contributed by atoms with Gasteiger partial charge in [-0.2, -0.15) is 0 Å². The molecule has 2 N–H and O–H groups in total. The Balaban J connectivity index is 1.98. The van der Waals surface area contributed by atoms with E-state index in [1.807, 2.05) is 0 Å². The van der Waals surface area contributed by atoms with Crippen LogP contribution in [0.15, 0.2) is 18.2 Å². The third-order valence-electron chi connectivity index (χ3n) is 3.66. The molecule has 1 aliphatic rings. The lowest BCUT2D eigenvalue weighted by atomic mass is 9.81. The predicted octanol–water partition coefficient (Wildman–Crippen LogP) is 3.82. The molecule has 0 unspecified atom stereocenters. The molecule has 0 atom stereocenters. The molecule has 0 spiro atoms. The zero-order chi connectivity index (χ0) is 14.7. The van der Waals surface area contributed by atoms with Crippen molar-refractivity contribution in [1.82, 2.24) is 0 Å². The highest BCUT2D eigenvalue weighted by Crippen LogP contribution is 2.33. The number of amides is 1. The van der Waals surface area contributed by atoms with Crippen molar-refractivity contribution >= 4 is 40.8 Å². The van der Waals surface area contributed by atoms with Crippen molar-refractivity contribution < 1.29 is 14.7 Å². The summed E-state index contributed by atoms with van der Waals surface area (Å²) in [7, 11) is 0. The molecule has 6 heteroatoms. The Morgan fingerprint density at radius 3 is 2.05 bits per heavy atom. The van der Waals surface area contributed by atoms with Crippen LogP contribution in [0, 0.1) is 11.8 Å². The van der Waals surface area contributed by atoms with E-state index in [1.165, 1.54) is 0 Å². The Morgan fingerprint density at radius 2 is 1.55 bits per heavy atom. The van der Waals surface area contributed by atoms with Gasteiger partial charge in [-0.3, -0.25) is 9.59 Å². The maximum Gasteiger partial charge on any atom is 0.306 e. The van der Waals surface area contributed by atoms with Gasteiger partial charge >= 0.3 is 5.97 Å². The summed E-state index contributed by atoms with van der Waals surface area (Å²) >= 11 is 12.0. The van der Waals surface area contributed by atoms with E-state index in [2.05, 4.69) is 5.32 Å². The van der Waals surface area contributed by atoms with Crippen molar-refractivity contribution in [2.75, 3.05) is 5.32 Å². The van der Waals surface area contributed by atoms with Crippen molar-refractivity contribution in [2.45, 2.75) is 25.7 Å². The highest BCUT2D eigenvalue weighted by molar-refractivity contribution is 6.39. The van der Waals surface area contributed by atoms with Gasteiger partial charge in [0.2, 0.25) is 5.91 Å². The van der Waals surface area contributed by atoms with Crippen LogP contribution in [0.5, 0.6) is 0 Å². The second-order valence-electron chi connectivity index (χ2n) is 4.97. The van der Waals surface area contributed by atoms with Crippen LogP contribution in [0.25, 0.3) is 0 Å². The molecule has 0 aromatic heterocycles. The molecule has 1 aliphatic carbocycles. The van der Waals surface area contributed by atoms with E-state index in [0.717, 1.165) is 0 Å². The molecule has 0 bridgehead atoms. The van der Waals surface area contributed by atoms with Gasteiger partial charge in [-0.15, -0.1) is 0 Å². The highest BCUT2D eigenvalue weighted by Gasteiger charge is 2.30. The lowest BCUT2D eigenvalue weighted by Crippen LogP contribution is -2.29. The summed E-state index contributed by atoms with van der Waals surface area (Å²) in [5.74, 6) is -1.44. The van der Waals surface area contributed by atoms with Gasteiger partial charge in [0.15, 0.2) is 0 Å². The molecule has 20 heavy (non-hydrogen) atoms. The zero-order valence-corrected chi connectivity index (χ0v) is 12.2. The summed E-state index contributed by atoms with van der Waals surface area (Å²) in [6.07, 6.45) is 2.21. The number of anilines is 1. The summed E-state index contributed by atoms with van der Waals surface area (Å²) in [6.45, 7) is 0. The summed E-state index contributed by atoms with van der Waals surface area (Å²) < 4.78 is 0. The summed E-state index contributed by atoms with van der Waals surface area (Å²) in [6, 6.07) is 5.02. The minimum Gasteiger partial charge on any atom is -0.481 e. The maximum atomic E-state index is 12.2. The van der Waals surface area contributed by atoms with E-state index in [-0.39, 0.29) is 17.7 Å². The fourth-order valence-corrected chi connectivity index (χ4v) is 2.94. The van der Waals surface area contributed by atoms with Gasteiger partial charge in [0.05, 0.1) is 21.7 Å². The molecule has 0 saturated heterocycles. The highest BCUT2D eigenvalue weighted by atomic mass is 35.5. The topological polar surface area (TPSA) is 66.4 Å². The lowest BCUT2D eigenvalue weighted by Gasteiger charge is -2.25. The first-order valence-corrected chi connectivity index (χ1v) is 7.22. The number of halogens is 2. The number of rotatable bonds is 3. The second-order valence-corrected chi connectivity index (χ2v) is 5.79. The number of carbonyl (C=O) groups excluding carboxylic acids is 1. The molecule has 2 rings (SSSR count). The van der Waals surface area contributed by atoms with Gasteiger partial charge in [0.1, 0.15) is 0 Å². The van der Waals surface area contributed by atoms with Crippen LogP contribution in [0.2, 0.25) is 10.0 Å². The van der Waals surface area contributed by atoms with Crippen LogP contribution in [0.3, 0.4) is 0 Å². The van der Waals surface area contributed by atoms with Gasteiger partial charge in [-0.25, -0.2) is 0 Å². The predicted molar refractivity (Wildman–Crippen MR) is 78.2 cm³/mol. The Bertz CT molecular complexity index is 505. The minimum atomic E-state index is -0.780. The SMILES string of the molecule is O=C(O)C1CCC(C(=O)Nc2c(Cl)cccc2Cl)CC1. The van der Waals surface area contributed by atoms with E-state index in [9.17, 15) is 9.59 Å². The van der Waals surface area contributed by atoms with E-state index < -0.39 is 5.97 Å². The van der Waals surface area contributed by atoms with Crippen LogP contribution in [0.4, 0.5) is 5.69 Å². The number of carboxylic acids is 1. The van der Waals surface area contributed by atoms with Crippen molar-refractivity contribution in [3.63, 3.8) is 0 Å². The third-order valence-corrected chi connectivity index (χ3v) is 4.29. The zero-order valence-electron chi connectivity index (χ0n) is 10.7. The third kappa shape index (κ3) is 3.44. The fraction of sp³-hybridized carbons (Fsp3) is 0.429. The first kappa shape index (κ1) is 15.1. The fourth-order valence-electron chi connectivity index (χ4n) is 2.45. The number of hydrogen-bond acceptors (Lipinski definition) is 2. The van der Waals surface area contributed by atoms with E-state index >= 15 is 0 Å². The van der Waals surface area contributed by atoms with E-state index in [0.29, 0.717) is 41.4 Å². The Labute approximate surface area is 127 Å². The van der Waals surface area contributed by atoms with Crippen LogP contribution in [-0.4, -0.2) is 17.0 Å². The number of benzene rings is 1. The van der Waals surface area contributed by atoms with Crippen LogP contribution < -0.4 is 5.32 Å². The van der Waals surface area contributed by atoms with Crippen molar-refractivity contribution in [3.8, 4) is 0 Å². The number of aliphatic carboxylic acids is 1. The molecule has 1 saturated carbocycles. The molecular formula is C14H15Cl2NO3. The average molecular weight is 316 g/mol. The monoisotopic (exact) mass is 315 g/mol. The van der Waals surface area contributed by atoms with Crippen molar-refractivity contribution in [1.29, 1.82) is 0 Å². The summed E-state index contributed by atoms with van der Waals surface area (Å²) in [4.78, 5) is 23.0. The first-order valence-electron chi connectivity index (χ1n) is 6.46. The number of nitrogens with one attached hydrogen (secondary N) is 1. The minimum absolute atomic E-state index is 0.149. The van der Waals surface area contributed by atoms with Crippen LogP contribution in [0.1, 0.15) is 25.7 Å². The molecule has 0 aliphatic heterocycles. The molecule has 1 fully saturated rings. The number of carboxylic acid groups (broad SMARTS) is 1. The lowest BCUT2D eigenvalue weighted by molar-refractivity contribution is -0.143. The quantitative estimate of drug-likeness (QED) is 0.891. The second kappa shape index (κ2) is 6.46. The van der Waals surface area contributed by atoms with Gasteiger partial charge in [-0.05, 0) is 37.8 Å². The number of para-hydroxylation sites is 1. The van der Waals surface area contributed by atoms with Crippen molar-refractivity contribution in [2.24, 2.45) is 11.8 Å². The Kier molecular flexibility index (Phi) is 4.89. The molecule has 108 valence electrons. The summed E-state index contributed by atoms with van der Waals surface area (Å²) in [5.41, 5.74) is 0.418. The Hall–Kier alpha value is -1.26. The average Bonchev–Trinajstić information content (AvgIpc) is 2.43. The standard InChI is InChI=1S/C14H15Cl2NO3/c15-10-2-1-3-11(16)12(10)17-13(18)8-4-6-9(7-5-8)14(19)20/h1-3,8-9H,4-7H2,(H,17,18)(H,19,20). The first-order chi connectivity index (χ1) is 9.49. The summed E-state index contributed by atoms with van der Waals surface area (Å²) in [5, 5.41) is 12.5. The molecular weight excluding hydrogens is 301 g/mol. The molecule has 0 heterocycles. The van der Waals surface area contributed by atoms with E-state index in [4.69, 9.17) is 28.3 Å². The normalized spacial score (nSPS) is 22.3. The van der Waals surface area contributed by atoms with Gasteiger partial charge in [0.25, 0.3) is 0 Å².